The number of rotatable bonds is 7. The van der Waals surface area contributed by atoms with Gasteiger partial charge in [0.2, 0.25) is 0 Å². The highest BCUT2D eigenvalue weighted by Gasteiger charge is 2.19. The van der Waals surface area contributed by atoms with Crippen molar-refractivity contribution in [2.75, 3.05) is 20.1 Å². The van der Waals surface area contributed by atoms with Gasteiger partial charge in [0.15, 0.2) is 0 Å². The van der Waals surface area contributed by atoms with Gasteiger partial charge in [0.05, 0.1) is 12.8 Å². The van der Waals surface area contributed by atoms with E-state index in [4.69, 9.17) is 4.42 Å². The number of hydrogen-bond acceptors (Lipinski definition) is 3. The molecule has 18 heavy (non-hydrogen) atoms. The van der Waals surface area contributed by atoms with Gasteiger partial charge in [-0.25, -0.2) is 0 Å². The van der Waals surface area contributed by atoms with Gasteiger partial charge in [-0.05, 0) is 44.9 Å². The highest BCUT2D eigenvalue weighted by atomic mass is 16.3. The third-order valence-corrected chi connectivity index (χ3v) is 4.09. The fourth-order valence-electron chi connectivity index (χ4n) is 2.75. The van der Waals surface area contributed by atoms with Crippen LogP contribution < -0.4 is 5.32 Å². The first-order valence-electron chi connectivity index (χ1n) is 7.19. The fourth-order valence-corrected chi connectivity index (χ4v) is 2.75. The molecule has 2 rings (SSSR count). The molecule has 1 heterocycles. The Morgan fingerprint density at radius 1 is 1.44 bits per heavy atom. The summed E-state index contributed by atoms with van der Waals surface area (Å²) in [6, 6.07) is 4.53. The molecular weight excluding hydrogens is 224 g/mol. The molecule has 3 heteroatoms. The molecule has 3 nitrogen and oxygen atoms in total. The molecule has 1 aliphatic rings. The smallest absolute Gasteiger partial charge is 0.117 e. The van der Waals surface area contributed by atoms with E-state index < -0.39 is 0 Å². The van der Waals surface area contributed by atoms with E-state index >= 15 is 0 Å². The van der Waals surface area contributed by atoms with E-state index in [2.05, 4.69) is 24.2 Å². The van der Waals surface area contributed by atoms with Crippen LogP contribution in [0.4, 0.5) is 0 Å². The number of furan rings is 1. The molecule has 1 atom stereocenters. The number of hydrogen-bond donors (Lipinski definition) is 1. The van der Waals surface area contributed by atoms with Gasteiger partial charge in [-0.15, -0.1) is 0 Å². The average Bonchev–Trinajstić information content (AvgIpc) is 3.01. The van der Waals surface area contributed by atoms with Crippen molar-refractivity contribution in [3.8, 4) is 0 Å². The van der Waals surface area contributed by atoms with Gasteiger partial charge in [0.1, 0.15) is 5.76 Å². The third kappa shape index (κ3) is 4.14. The van der Waals surface area contributed by atoms with Gasteiger partial charge in [-0.3, -0.25) is 0 Å². The van der Waals surface area contributed by atoms with Gasteiger partial charge in [0, 0.05) is 19.1 Å². The van der Waals surface area contributed by atoms with Gasteiger partial charge >= 0.3 is 0 Å². The molecule has 0 radical (unpaired) electrons. The molecule has 1 unspecified atom stereocenters. The Kier molecular flexibility index (Phi) is 5.26. The van der Waals surface area contributed by atoms with Crippen LogP contribution in [0.5, 0.6) is 0 Å². The SMILES string of the molecule is CC(CNCc1ccco1)N(C)CC1CCCC1. The lowest BCUT2D eigenvalue weighted by Crippen LogP contribution is -2.39. The first kappa shape index (κ1) is 13.6. The van der Waals surface area contributed by atoms with Crippen molar-refractivity contribution in [3.05, 3.63) is 24.2 Å². The van der Waals surface area contributed by atoms with Crippen molar-refractivity contribution in [1.82, 2.24) is 10.2 Å². The van der Waals surface area contributed by atoms with Crippen LogP contribution in [0.2, 0.25) is 0 Å². The second-order valence-electron chi connectivity index (χ2n) is 5.65. The molecule has 1 aromatic rings. The molecule has 1 aromatic heterocycles. The van der Waals surface area contributed by atoms with Crippen molar-refractivity contribution in [1.29, 1.82) is 0 Å². The number of likely N-dealkylation sites (N-methyl/N-ethyl adjacent to an activating group) is 1. The van der Waals surface area contributed by atoms with Crippen LogP contribution in [0, 0.1) is 5.92 Å². The lowest BCUT2D eigenvalue weighted by Gasteiger charge is -2.27. The molecule has 0 amide bonds. The Bertz CT molecular complexity index is 317. The molecule has 0 spiro atoms. The van der Waals surface area contributed by atoms with Crippen LogP contribution in [-0.4, -0.2) is 31.1 Å². The maximum absolute atomic E-state index is 5.31. The highest BCUT2D eigenvalue weighted by molar-refractivity contribution is 4.97. The van der Waals surface area contributed by atoms with Crippen LogP contribution in [0.25, 0.3) is 0 Å². The zero-order valence-corrected chi connectivity index (χ0v) is 11.7. The monoisotopic (exact) mass is 250 g/mol. The molecule has 102 valence electrons. The molecule has 0 aliphatic heterocycles. The van der Waals surface area contributed by atoms with Gasteiger partial charge < -0.3 is 14.6 Å². The minimum Gasteiger partial charge on any atom is -0.468 e. The molecule has 1 fully saturated rings. The van der Waals surface area contributed by atoms with Crippen molar-refractivity contribution >= 4 is 0 Å². The summed E-state index contributed by atoms with van der Waals surface area (Å²) in [7, 11) is 2.25. The third-order valence-electron chi connectivity index (χ3n) is 4.09. The summed E-state index contributed by atoms with van der Waals surface area (Å²) in [5.41, 5.74) is 0. The van der Waals surface area contributed by atoms with E-state index in [-0.39, 0.29) is 0 Å². The normalized spacial score (nSPS) is 18.6. The summed E-state index contributed by atoms with van der Waals surface area (Å²) < 4.78 is 5.31. The van der Waals surface area contributed by atoms with Crippen LogP contribution in [0.1, 0.15) is 38.4 Å². The second kappa shape index (κ2) is 6.95. The first-order valence-corrected chi connectivity index (χ1v) is 7.19. The van der Waals surface area contributed by atoms with Gasteiger partial charge in [0.25, 0.3) is 0 Å². The molecule has 0 aromatic carbocycles. The Balaban J connectivity index is 1.62. The van der Waals surface area contributed by atoms with E-state index in [0.717, 1.165) is 24.8 Å². The van der Waals surface area contributed by atoms with E-state index in [1.54, 1.807) is 6.26 Å². The van der Waals surface area contributed by atoms with Crippen LogP contribution in [0.3, 0.4) is 0 Å². The number of nitrogens with zero attached hydrogens (tertiary/aromatic N) is 1. The van der Waals surface area contributed by atoms with E-state index in [1.807, 2.05) is 12.1 Å². The first-order chi connectivity index (χ1) is 8.75. The zero-order valence-electron chi connectivity index (χ0n) is 11.7. The summed E-state index contributed by atoms with van der Waals surface area (Å²) in [4.78, 5) is 2.49. The standard InChI is InChI=1S/C15H26N2O/c1-13(10-16-11-15-8-5-9-18-15)17(2)12-14-6-3-4-7-14/h5,8-9,13-14,16H,3-4,6-7,10-12H2,1-2H3. The Morgan fingerprint density at radius 3 is 2.89 bits per heavy atom. The molecular formula is C15H26N2O. The molecule has 1 saturated carbocycles. The average molecular weight is 250 g/mol. The predicted octanol–water partition coefficient (Wildman–Crippen LogP) is 2.88. The Morgan fingerprint density at radius 2 is 2.22 bits per heavy atom. The second-order valence-corrected chi connectivity index (χ2v) is 5.65. The van der Waals surface area contributed by atoms with E-state index in [0.29, 0.717) is 6.04 Å². The topological polar surface area (TPSA) is 28.4 Å². The van der Waals surface area contributed by atoms with Gasteiger partial charge in [-0.2, -0.15) is 0 Å². The number of nitrogens with one attached hydrogen (secondary N) is 1. The van der Waals surface area contributed by atoms with Crippen molar-refractivity contribution < 1.29 is 4.42 Å². The summed E-state index contributed by atoms with van der Waals surface area (Å²) in [6.07, 6.45) is 7.45. The lowest BCUT2D eigenvalue weighted by molar-refractivity contribution is 0.213. The summed E-state index contributed by atoms with van der Waals surface area (Å²) >= 11 is 0. The van der Waals surface area contributed by atoms with Crippen LogP contribution in [0.15, 0.2) is 22.8 Å². The van der Waals surface area contributed by atoms with E-state index in [9.17, 15) is 0 Å². The fraction of sp³-hybridized carbons (Fsp3) is 0.733. The summed E-state index contributed by atoms with van der Waals surface area (Å²) in [6.45, 7) is 5.40. The van der Waals surface area contributed by atoms with Crippen molar-refractivity contribution in [2.24, 2.45) is 5.92 Å². The summed E-state index contributed by atoms with van der Waals surface area (Å²) in [5.74, 6) is 1.95. The predicted molar refractivity (Wildman–Crippen MR) is 74.5 cm³/mol. The molecule has 1 N–H and O–H groups in total. The lowest BCUT2D eigenvalue weighted by atomic mass is 10.1. The van der Waals surface area contributed by atoms with Gasteiger partial charge in [-0.1, -0.05) is 12.8 Å². The van der Waals surface area contributed by atoms with Crippen molar-refractivity contribution in [3.63, 3.8) is 0 Å². The van der Waals surface area contributed by atoms with Crippen LogP contribution in [-0.2, 0) is 6.54 Å². The maximum atomic E-state index is 5.31. The van der Waals surface area contributed by atoms with Crippen LogP contribution >= 0.6 is 0 Å². The minimum atomic E-state index is 0.584. The largest absolute Gasteiger partial charge is 0.468 e. The Labute approximate surface area is 111 Å². The van der Waals surface area contributed by atoms with Crippen molar-refractivity contribution in [2.45, 2.75) is 45.2 Å². The maximum Gasteiger partial charge on any atom is 0.117 e. The van der Waals surface area contributed by atoms with E-state index in [1.165, 1.54) is 32.2 Å². The summed E-state index contributed by atoms with van der Waals surface area (Å²) in [5, 5.41) is 3.46. The highest BCUT2D eigenvalue weighted by Crippen LogP contribution is 2.25. The molecule has 0 bridgehead atoms. The Hall–Kier alpha value is -0.800. The quantitative estimate of drug-likeness (QED) is 0.806. The minimum absolute atomic E-state index is 0.584. The molecule has 1 aliphatic carbocycles. The zero-order chi connectivity index (χ0) is 12.8. The molecule has 0 saturated heterocycles.